The largest absolute Gasteiger partial charge is 0.497 e. The SMILES string of the molecule is CCOc1ccc(C(=O)NNC(=O)Nc2ccc(C)c(Cl)c2)cc1.CCOc1ccc(C(=O)NNC(=O)Nc2ccccc2)cc1.COc1ccc(C(=O)NNC(=O)Nc2ccc(C)cc2)cc1.COc1ccccc1NC(=O)NNC(=O)c1ccc(OC(C)C)c(OC)c1. The summed E-state index contributed by atoms with van der Waals surface area (Å²) in [6.07, 6.45) is -0.0288. The van der Waals surface area contributed by atoms with Gasteiger partial charge in [-0.2, -0.15) is 0 Å². The van der Waals surface area contributed by atoms with Crippen LogP contribution in [0.15, 0.2) is 188 Å². The minimum absolute atomic E-state index is 0.0288. The van der Waals surface area contributed by atoms with Gasteiger partial charge >= 0.3 is 24.1 Å². The van der Waals surface area contributed by atoms with Gasteiger partial charge in [0.25, 0.3) is 23.6 Å². The van der Waals surface area contributed by atoms with Crippen LogP contribution in [-0.4, -0.2) is 88.4 Å². The van der Waals surface area contributed by atoms with Gasteiger partial charge in [0.2, 0.25) is 0 Å². The summed E-state index contributed by atoms with van der Waals surface area (Å²) >= 11 is 5.99. The van der Waals surface area contributed by atoms with Gasteiger partial charge in [-0.05, 0) is 187 Å². The van der Waals surface area contributed by atoms with E-state index in [4.69, 9.17) is 40.0 Å². The predicted molar refractivity (Wildman–Crippen MR) is 362 cm³/mol. The van der Waals surface area contributed by atoms with Crippen molar-refractivity contribution in [1.82, 2.24) is 43.4 Å². The van der Waals surface area contributed by atoms with Gasteiger partial charge in [0.15, 0.2) is 11.5 Å². The standard InChI is InChI=1S/C19H23N3O5.C17H18ClN3O3.2C16H17N3O3/c1-12(2)27-16-10-9-13(11-17(16)26-4)18(23)21-22-19(24)20-14-7-5-6-8-15(14)25-3;1-3-24-14-8-5-12(6-9-14)16(22)20-21-17(23)19-13-7-4-11(2)15(18)10-13;1-11-3-7-13(8-4-11)17-16(21)19-18-15(20)12-5-9-14(22-2)10-6-12;1-2-22-14-10-8-12(9-11-14)15(20)18-19-16(21)17-13-6-4-3-5-7-13/h5-12H,1-4H3,(H,21,23)(H2,20,22,24);4-10H,3H2,1-2H3,(H,20,22)(H2,19,21,23);3-10H,1-2H3,(H,18,20)(H2,17,19,21);3-11H,2H2,1H3,(H,18,20)(H2,17,19,21). The quantitative estimate of drug-likeness (QED) is 0.0377. The number of nitrogens with one attached hydrogen (secondary N) is 12. The lowest BCUT2D eigenvalue weighted by Crippen LogP contribution is -2.43. The number of anilines is 4. The molecule has 0 spiro atoms. The zero-order valence-corrected chi connectivity index (χ0v) is 54.2. The first-order chi connectivity index (χ1) is 45.7. The van der Waals surface area contributed by atoms with Gasteiger partial charge in [0, 0.05) is 44.3 Å². The Morgan fingerprint density at radius 3 is 1.22 bits per heavy atom. The summed E-state index contributed by atoms with van der Waals surface area (Å²) in [4.78, 5) is 95.0. The molecule has 27 heteroatoms. The van der Waals surface area contributed by atoms with Crippen LogP contribution in [0.2, 0.25) is 5.02 Å². The first-order valence-corrected chi connectivity index (χ1v) is 29.5. The smallest absolute Gasteiger partial charge is 0.338 e. The molecule has 8 aromatic rings. The van der Waals surface area contributed by atoms with Gasteiger partial charge in [-0.3, -0.25) is 40.9 Å². The number of rotatable bonds is 17. The van der Waals surface area contributed by atoms with E-state index in [1.165, 1.54) is 20.3 Å². The van der Waals surface area contributed by atoms with E-state index in [0.29, 0.717) is 97.7 Å². The van der Waals surface area contributed by atoms with Gasteiger partial charge in [-0.15, -0.1) is 0 Å². The molecule has 0 heterocycles. The van der Waals surface area contributed by atoms with Crippen molar-refractivity contribution >= 4 is 82.1 Å². The predicted octanol–water partition coefficient (Wildman–Crippen LogP) is 11.5. The number of carbonyl (C=O) groups excluding carboxylic acids is 8. The Morgan fingerprint density at radius 1 is 0.379 bits per heavy atom. The first-order valence-electron chi connectivity index (χ1n) is 29.2. The molecule has 12 N–H and O–H groups in total. The molecule has 0 radical (unpaired) electrons. The number of hydrogen-bond acceptors (Lipinski definition) is 14. The maximum absolute atomic E-state index is 12.3. The summed E-state index contributed by atoms with van der Waals surface area (Å²) in [6, 6.07) is 50.6. The lowest BCUT2D eigenvalue weighted by molar-refractivity contribution is 0.0930. The van der Waals surface area contributed by atoms with Crippen molar-refractivity contribution in [2.24, 2.45) is 0 Å². The van der Waals surface area contributed by atoms with Crippen molar-refractivity contribution in [3.63, 3.8) is 0 Å². The molecule has 0 atom stereocenters. The molecule has 498 valence electrons. The minimum Gasteiger partial charge on any atom is -0.497 e. The van der Waals surface area contributed by atoms with Crippen LogP contribution in [0.25, 0.3) is 0 Å². The number of para-hydroxylation sites is 3. The molecule has 0 aliphatic carbocycles. The van der Waals surface area contributed by atoms with Gasteiger partial charge in [0.1, 0.15) is 23.0 Å². The van der Waals surface area contributed by atoms with Crippen molar-refractivity contribution in [3.05, 3.63) is 226 Å². The Bertz CT molecular complexity index is 3810. The Morgan fingerprint density at radius 2 is 0.779 bits per heavy atom. The lowest BCUT2D eigenvalue weighted by Gasteiger charge is -2.15. The molecule has 12 amide bonds. The van der Waals surface area contributed by atoms with E-state index in [-0.39, 0.29) is 6.10 Å². The van der Waals surface area contributed by atoms with E-state index in [0.717, 1.165) is 11.1 Å². The van der Waals surface area contributed by atoms with Crippen molar-refractivity contribution in [2.75, 3.05) is 55.8 Å². The molecular formula is C68H75ClN12O14. The van der Waals surface area contributed by atoms with E-state index in [1.807, 2.05) is 59.7 Å². The van der Waals surface area contributed by atoms with Crippen LogP contribution in [0, 0.1) is 13.8 Å². The van der Waals surface area contributed by atoms with Crippen molar-refractivity contribution in [2.45, 2.75) is 47.6 Å². The van der Waals surface area contributed by atoms with Crippen LogP contribution in [-0.2, 0) is 0 Å². The van der Waals surface area contributed by atoms with E-state index in [2.05, 4.69) is 64.7 Å². The summed E-state index contributed by atoms with van der Waals surface area (Å²) in [5.74, 6) is 1.72. The topological polar surface area (TPSA) is 336 Å². The van der Waals surface area contributed by atoms with E-state index < -0.39 is 47.8 Å². The highest BCUT2D eigenvalue weighted by atomic mass is 35.5. The van der Waals surface area contributed by atoms with Crippen molar-refractivity contribution in [3.8, 4) is 34.5 Å². The zero-order valence-electron chi connectivity index (χ0n) is 53.5. The number of hydrazine groups is 4. The normalized spacial score (nSPS) is 9.88. The number of urea groups is 4. The fourth-order valence-corrected chi connectivity index (χ4v) is 7.78. The maximum atomic E-state index is 12.3. The first kappa shape index (κ1) is 73.5. The number of hydrogen-bond donors (Lipinski definition) is 12. The number of methoxy groups -OCH3 is 3. The number of ether oxygens (including phenoxy) is 6. The molecule has 8 rings (SSSR count). The summed E-state index contributed by atoms with van der Waals surface area (Å²) in [6.45, 7) is 12.5. The molecule has 0 aromatic heterocycles. The summed E-state index contributed by atoms with van der Waals surface area (Å²) in [5.41, 5.74) is 24.3. The maximum Gasteiger partial charge on any atom is 0.338 e. The number of aryl methyl sites for hydroxylation is 2. The van der Waals surface area contributed by atoms with Crippen LogP contribution in [0.4, 0.5) is 41.9 Å². The molecule has 0 fully saturated rings. The van der Waals surface area contributed by atoms with Gasteiger partial charge < -0.3 is 49.7 Å². The molecule has 0 saturated carbocycles. The third-order valence-corrected chi connectivity index (χ3v) is 12.7. The van der Waals surface area contributed by atoms with Crippen LogP contribution in [0.1, 0.15) is 80.3 Å². The monoisotopic (exact) mass is 1320 g/mol. The summed E-state index contributed by atoms with van der Waals surface area (Å²) < 4.78 is 31.6. The van der Waals surface area contributed by atoms with E-state index in [9.17, 15) is 38.4 Å². The van der Waals surface area contributed by atoms with Gasteiger partial charge in [-0.25, -0.2) is 40.9 Å². The highest BCUT2D eigenvalue weighted by molar-refractivity contribution is 6.31. The molecule has 0 aliphatic heterocycles. The molecule has 0 aliphatic rings. The van der Waals surface area contributed by atoms with Crippen LogP contribution < -0.4 is 93.1 Å². The van der Waals surface area contributed by atoms with E-state index in [1.54, 1.807) is 171 Å². The van der Waals surface area contributed by atoms with Gasteiger partial charge in [0.05, 0.1) is 46.3 Å². The number of benzene rings is 8. The Kier molecular flexibility index (Phi) is 30.3. The number of carbonyl (C=O) groups is 8. The summed E-state index contributed by atoms with van der Waals surface area (Å²) in [5, 5.41) is 10.9. The second kappa shape index (κ2) is 39.2. The number of halogens is 1. The molecular weight excluding hydrogens is 1240 g/mol. The zero-order chi connectivity index (χ0) is 69.1. The van der Waals surface area contributed by atoms with Gasteiger partial charge in [-0.1, -0.05) is 65.7 Å². The molecule has 0 saturated heterocycles. The van der Waals surface area contributed by atoms with Crippen LogP contribution >= 0.6 is 11.6 Å². The van der Waals surface area contributed by atoms with Crippen molar-refractivity contribution < 1.29 is 66.8 Å². The molecule has 8 aromatic carbocycles. The second-order valence-corrected chi connectivity index (χ2v) is 20.1. The lowest BCUT2D eigenvalue weighted by atomic mass is 10.2. The highest BCUT2D eigenvalue weighted by Crippen LogP contribution is 2.29. The van der Waals surface area contributed by atoms with Crippen molar-refractivity contribution in [1.29, 1.82) is 0 Å². The molecule has 95 heavy (non-hydrogen) atoms. The van der Waals surface area contributed by atoms with Crippen LogP contribution in [0.3, 0.4) is 0 Å². The summed E-state index contributed by atoms with van der Waals surface area (Å²) in [7, 11) is 4.54. The van der Waals surface area contributed by atoms with E-state index >= 15 is 0 Å². The molecule has 0 unspecified atom stereocenters. The Hall–Kier alpha value is -12.2. The second-order valence-electron chi connectivity index (χ2n) is 19.7. The third-order valence-electron chi connectivity index (χ3n) is 12.3. The fourth-order valence-electron chi connectivity index (χ4n) is 7.60. The molecule has 0 bridgehead atoms. The average Bonchev–Trinajstić information content (AvgIpc) is 1.04. The number of amides is 12. The fraction of sp³-hybridized carbons (Fsp3) is 0.176. The average molecular weight is 1320 g/mol. The molecule has 26 nitrogen and oxygen atoms in total. The Labute approximate surface area is 554 Å². The third kappa shape index (κ3) is 26.3. The van der Waals surface area contributed by atoms with Crippen LogP contribution in [0.5, 0.6) is 34.5 Å². The minimum atomic E-state index is -0.612. The highest BCUT2D eigenvalue weighted by Gasteiger charge is 2.16. The Balaban J connectivity index is 0.000000230.